The van der Waals surface area contributed by atoms with Crippen LogP contribution in [-0.2, 0) is 17.6 Å². The summed E-state index contributed by atoms with van der Waals surface area (Å²) in [6, 6.07) is 9.48. The summed E-state index contributed by atoms with van der Waals surface area (Å²) in [5, 5.41) is 0. The Morgan fingerprint density at radius 1 is 0.964 bits per heavy atom. The minimum atomic E-state index is -0.0414. The van der Waals surface area contributed by atoms with Crippen molar-refractivity contribution in [2.45, 2.75) is 25.8 Å². The van der Waals surface area contributed by atoms with E-state index in [9.17, 15) is 4.79 Å². The Morgan fingerprint density at radius 2 is 1.64 bits per heavy atom. The lowest BCUT2D eigenvalue weighted by Crippen LogP contribution is -2.39. The standard InChI is InChI=1S/C22H27NO5/c1-14-18-13-21(28-5)20(27-4)10-15(18)8-9-23(14)22(24)11-16-6-7-17(25-2)12-19(16)26-3/h6-7,10,12-14H,8-9,11H2,1-5H3/t14-/m1/s1. The molecule has 1 aliphatic rings. The van der Waals surface area contributed by atoms with Crippen molar-refractivity contribution in [1.29, 1.82) is 0 Å². The molecule has 2 aromatic rings. The van der Waals surface area contributed by atoms with Gasteiger partial charge in [-0.1, -0.05) is 6.07 Å². The SMILES string of the molecule is COc1ccc(CC(=O)N2CCc3cc(OC)c(OC)cc3[C@H]2C)c(OC)c1. The van der Waals surface area contributed by atoms with E-state index in [1.165, 1.54) is 5.56 Å². The molecule has 1 heterocycles. The van der Waals surface area contributed by atoms with E-state index in [2.05, 4.69) is 0 Å². The summed E-state index contributed by atoms with van der Waals surface area (Å²) in [5.74, 6) is 2.82. The molecule has 0 N–H and O–H groups in total. The van der Waals surface area contributed by atoms with Gasteiger partial charge in [0.2, 0.25) is 5.91 Å². The number of ether oxygens (including phenoxy) is 4. The number of fused-ring (bicyclic) bond motifs is 1. The second kappa shape index (κ2) is 8.42. The maximum absolute atomic E-state index is 13.1. The zero-order chi connectivity index (χ0) is 20.3. The summed E-state index contributed by atoms with van der Waals surface area (Å²) < 4.78 is 21.5. The molecular weight excluding hydrogens is 358 g/mol. The first-order chi connectivity index (χ1) is 13.5. The normalized spacial score (nSPS) is 15.6. The summed E-state index contributed by atoms with van der Waals surface area (Å²) in [7, 11) is 6.46. The van der Waals surface area contributed by atoms with Gasteiger partial charge in [0.15, 0.2) is 11.5 Å². The van der Waals surface area contributed by atoms with E-state index in [1.54, 1.807) is 34.5 Å². The number of methoxy groups -OCH3 is 4. The first-order valence-corrected chi connectivity index (χ1v) is 9.27. The second-order valence-electron chi connectivity index (χ2n) is 6.77. The molecule has 0 spiro atoms. The van der Waals surface area contributed by atoms with E-state index in [4.69, 9.17) is 18.9 Å². The number of carbonyl (C=O) groups excluding carboxylic acids is 1. The summed E-state index contributed by atoms with van der Waals surface area (Å²) >= 11 is 0. The second-order valence-corrected chi connectivity index (χ2v) is 6.77. The van der Waals surface area contributed by atoms with Gasteiger partial charge in [-0.2, -0.15) is 0 Å². The van der Waals surface area contributed by atoms with Gasteiger partial charge in [-0.05, 0) is 42.7 Å². The monoisotopic (exact) mass is 385 g/mol. The number of benzene rings is 2. The highest BCUT2D eigenvalue weighted by Gasteiger charge is 2.29. The molecule has 1 amide bonds. The van der Waals surface area contributed by atoms with Crippen LogP contribution < -0.4 is 18.9 Å². The van der Waals surface area contributed by atoms with Crippen LogP contribution >= 0.6 is 0 Å². The predicted octanol–water partition coefficient (Wildman–Crippen LogP) is 3.41. The van der Waals surface area contributed by atoms with Crippen LogP contribution in [0, 0.1) is 0 Å². The average molecular weight is 385 g/mol. The van der Waals surface area contributed by atoms with Gasteiger partial charge in [0.1, 0.15) is 11.5 Å². The zero-order valence-electron chi connectivity index (χ0n) is 17.1. The molecule has 150 valence electrons. The van der Waals surface area contributed by atoms with Crippen LogP contribution in [0.2, 0.25) is 0 Å². The van der Waals surface area contributed by atoms with E-state index >= 15 is 0 Å². The van der Waals surface area contributed by atoms with Crippen LogP contribution in [0.1, 0.15) is 29.7 Å². The molecule has 6 heteroatoms. The number of hydrogen-bond acceptors (Lipinski definition) is 5. The highest BCUT2D eigenvalue weighted by Crippen LogP contribution is 2.38. The lowest BCUT2D eigenvalue weighted by molar-refractivity contribution is -0.133. The molecule has 0 aliphatic carbocycles. The van der Waals surface area contributed by atoms with Crippen LogP contribution in [0.4, 0.5) is 0 Å². The Balaban J connectivity index is 1.83. The lowest BCUT2D eigenvalue weighted by atomic mass is 9.92. The van der Waals surface area contributed by atoms with Gasteiger partial charge in [-0.15, -0.1) is 0 Å². The van der Waals surface area contributed by atoms with Crippen LogP contribution in [-0.4, -0.2) is 45.8 Å². The molecule has 1 atom stereocenters. The predicted molar refractivity (Wildman–Crippen MR) is 107 cm³/mol. The van der Waals surface area contributed by atoms with Gasteiger partial charge in [0.25, 0.3) is 0 Å². The van der Waals surface area contributed by atoms with Crippen LogP contribution in [0.3, 0.4) is 0 Å². The van der Waals surface area contributed by atoms with Gasteiger partial charge >= 0.3 is 0 Å². The zero-order valence-corrected chi connectivity index (χ0v) is 17.1. The Morgan fingerprint density at radius 3 is 2.29 bits per heavy atom. The van der Waals surface area contributed by atoms with E-state index in [0.29, 0.717) is 23.8 Å². The number of hydrogen-bond donors (Lipinski definition) is 0. The third kappa shape index (κ3) is 3.72. The lowest BCUT2D eigenvalue weighted by Gasteiger charge is -2.36. The minimum Gasteiger partial charge on any atom is -0.497 e. The van der Waals surface area contributed by atoms with Gasteiger partial charge in [-0.25, -0.2) is 0 Å². The number of amides is 1. The number of rotatable bonds is 6. The molecule has 0 radical (unpaired) electrons. The molecule has 0 fully saturated rings. The Kier molecular flexibility index (Phi) is 5.97. The fraction of sp³-hybridized carbons (Fsp3) is 0.409. The van der Waals surface area contributed by atoms with E-state index in [0.717, 1.165) is 23.3 Å². The minimum absolute atomic E-state index is 0.0414. The summed E-state index contributed by atoms with van der Waals surface area (Å²) in [5.41, 5.74) is 3.13. The van der Waals surface area contributed by atoms with Gasteiger partial charge in [0, 0.05) is 18.2 Å². The maximum atomic E-state index is 13.1. The topological polar surface area (TPSA) is 57.2 Å². The molecule has 28 heavy (non-hydrogen) atoms. The van der Waals surface area contributed by atoms with Gasteiger partial charge < -0.3 is 23.8 Å². The molecule has 0 bridgehead atoms. The van der Waals surface area contributed by atoms with Crippen molar-refractivity contribution >= 4 is 5.91 Å². The highest BCUT2D eigenvalue weighted by molar-refractivity contribution is 5.80. The summed E-state index contributed by atoms with van der Waals surface area (Å²) in [6.07, 6.45) is 1.06. The molecule has 0 saturated carbocycles. The first kappa shape index (κ1) is 19.9. The van der Waals surface area contributed by atoms with Crippen LogP contribution in [0.15, 0.2) is 30.3 Å². The first-order valence-electron chi connectivity index (χ1n) is 9.27. The molecule has 6 nitrogen and oxygen atoms in total. The fourth-order valence-corrected chi connectivity index (χ4v) is 3.75. The van der Waals surface area contributed by atoms with Crippen LogP contribution in [0.25, 0.3) is 0 Å². The van der Waals surface area contributed by atoms with E-state index in [-0.39, 0.29) is 18.4 Å². The molecule has 1 aliphatic heterocycles. The fourth-order valence-electron chi connectivity index (χ4n) is 3.75. The van der Waals surface area contributed by atoms with Crippen molar-refractivity contribution in [2.75, 3.05) is 35.0 Å². The van der Waals surface area contributed by atoms with Gasteiger partial charge in [0.05, 0.1) is 40.9 Å². The smallest absolute Gasteiger partial charge is 0.227 e. The number of nitrogens with zero attached hydrogens (tertiary/aromatic N) is 1. The third-order valence-electron chi connectivity index (χ3n) is 5.34. The van der Waals surface area contributed by atoms with Crippen LogP contribution in [0.5, 0.6) is 23.0 Å². The van der Waals surface area contributed by atoms with Crippen molar-refractivity contribution < 1.29 is 23.7 Å². The molecule has 0 unspecified atom stereocenters. The molecule has 3 rings (SSSR count). The van der Waals surface area contributed by atoms with Crippen molar-refractivity contribution in [3.05, 3.63) is 47.0 Å². The maximum Gasteiger partial charge on any atom is 0.227 e. The van der Waals surface area contributed by atoms with Crippen molar-refractivity contribution in [3.63, 3.8) is 0 Å². The van der Waals surface area contributed by atoms with E-state index < -0.39 is 0 Å². The Hall–Kier alpha value is -2.89. The molecule has 0 aromatic heterocycles. The van der Waals surface area contributed by atoms with Crippen molar-refractivity contribution in [1.82, 2.24) is 4.90 Å². The molecule has 0 saturated heterocycles. The Bertz CT molecular complexity index is 864. The quantitative estimate of drug-likeness (QED) is 0.763. The molecular formula is C22H27NO5. The average Bonchev–Trinajstić information content (AvgIpc) is 2.73. The largest absolute Gasteiger partial charge is 0.497 e. The molecule has 2 aromatic carbocycles. The van der Waals surface area contributed by atoms with Crippen molar-refractivity contribution in [3.8, 4) is 23.0 Å². The van der Waals surface area contributed by atoms with Crippen molar-refractivity contribution in [2.24, 2.45) is 0 Å². The summed E-state index contributed by atoms with van der Waals surface area (Å²) in [4.78, 5) is 15.0. The van der Waals surface area contributed by atoms with Gasteiger partial charge in [-0.3, -0.25) is 4.79 Å². The third-order valence-corrected chi connectivity index (χ3v) is 5.34. The summed E-state index contributed by atoms with van der Waals surface area (Å²) in [6.45, 7) is 2.72. The Labute approximate surface area is 166 Å². The van der Waals surface area contributed by atoms with E-state index in [1.807, 2.05) is 36.1 Å². The highest BCUT2D eigenvalue weighted by atomic mass is 16.5. The number of carbonyl (C=O) groups is 1.